The van der Waals surface area contributed by atoms with Crippen LogP contribution in [0, 0.1) is 0 Å². The monoisotopic (exact) mass is 340 g/mol. The van der Waals surface area contributed by atoms with Crippen LogP contribution in [0.3, 0.4) is 0 Å². The third-order valence-corrected chi connectivity index (χ3v) is 4.16. The number of amides is 1. The number of hydrogen-bond acceptors (Lipinski definition) is 4. The fourth-order valence-electron chi connectivity index (χ4n) is 2.65. The summed E-state index contributed by atoms with van der Waals surface area (Å²) >= 11 is 0. The van der Waals surface area contributed by atoms with Gasteiger partial charge < -0.3 is 14.7 Å². The molecule has 0 spiro atoms. The quantitative estimate of drug-likeness (QED) is 0.838. The minimum absolute atomic E-state index is 0.0126. The Hall–Kier alpha value is -2.89. The average Bonchev–Trinajstić information content (AvgIpc) is 3.46. The van der Waals surface area contributed by atoms with Gasteiger partial charge in [-0.05, 0) is 44.0 Å². The van der Waals surface area contributed by atoms with Crippen LogP contribution in [0.1, 0.15) is 35.7 Å². The van der Waals surface area contributed by atoms with E-state index in [1.165, 1.54) is 4.90 Å². The van der Waals surface area contributed by atoms with Crippen molar-refractivity contribution in [3.05, 3.63) is 59.9 Å². The molecule has 1 saturated carbocycles. The van der Waals surface area contributed by atoms with Gasteiger partial charge in [-0.1, -0.05) is 12.1 Å². The van der Waals surface area contributed by atoms with E-state index in [4.69, 9.17) is 4.74 Å². The van der Waals surface area contributed by atoms with Gasteiger partial charge in [-0.15, -0.1) is 0 Å². The number of aromatic nitrogens is 1. The van der Waals surface area contributed by atoms with Crippen molar-refractivity contribution in [1.82, 2.24) is 9.88 Å². The SMILES string of the molecule is CC(C(=O)O)N(C(=O)c1cccc(OCc2cccnc2)c1)C1CC1. The van der Waals surface area contributed by atoms with Gasteiger partial charge in [-0.3, -0.25) is 9.78 Å². The van der Waals surface area contributed by atoms with Crippen LogP contribution >= 0.6 is 0 Å². The van der Waals surface area contributed by atoms with Gasteiger partial charge in [0.2, 0.25) is 0 Å². The van der Waals surface area contributed by atoms with Crippen molar-refractivity contribution in [2.45, 2.75) is 38.5 Å². The highest BCUT2D eigenvalue weighted by Crippen LogP contribution is 2.30. The number of hydrogen-bond donors (Lipinski definition) is 1. The zero-order chi connectivity index (χ0) is 17.8. The number of aliphatic carboxylic acids is 1. The summed E-state index contributed by atoms with van der Waals surface area (Å²) < 4.78 is 5.72. The maximum Gasteiger partial charge on any atom is 0.326 e. The molecule has 0 saturated heterocycles. The molecule has 1 atom stereocenters. The first-order valence-electron chi connectivity index (χ1n) is 8.23. The maximum atomic E-state index is 12.8. The number of ether oxygens (including phenoxy) is 1. The molecule has 6 nitrogen and oxygen atoms in total. The fourth-order valence-corrected chi connectivity index (χ4v) is 2.65. The van der Waals surface area contributed by atoms with Gasteiger partial charge in [0.1, 0.15) is 18.4 Å². The lowest BCUT2D eigenvalue weighted by Gasteiger charge is -2.26. The molecule has 0 bridgehead atoms. The third-order valence-electron chi connectivity index (χ3n) is 4.16. The Morgan fingerprint density at radius 1 is 1.32 bits per heavy atom. The molecule has 0 aliphatic heterocycles. The van der Waals surface area contributed by atoms with Crippen LogP contribution in [0.5, 0.6) is 5.75 Å². The molecule has 1 amide bonds. The van der Waals surface area contributed by atoms with Crippen molar-refractivity contribution in [2.75, 3.05) is 0 Å². The van der Waals surface area contributed by atoms with Crippen LogP contribution in [0.4, 0.5) is 0 Å². The number of pyridine rings is 1. The lowest BCUT2D eigenvalue weighted by atomic mass is 10.1. The average molecular weight is 340 g/mol. The van der Waals surface area contributed by atoms with Gasteiger partial charge in [0.15, 0.2) is 0 Å². The second kappa shape index (κ2) is 7.34. The molecule has 2 aromatic rings. The Morgan fingerprint density at radius 3 is 2.76 bits per heavy atom. The minimum atomic E-state index is -0.996. The number of carbonyl (C=O) groups is 2. The predicted molar refractivity (Wildman–Crippen MR) is 91.3 cm³/mol. The summed E-state index contributed by atoms with van der Waals surface area (Å²) in [6, 6.07) is 9.76. The van der Waals surface area contributed by atoms with Crippen molar-refractivity contribution >= 4 is 11.9 Å². The number of carboxylic acids is 1. The topological polar surface area (TPSA) is 79.7 Å². The molecular formula is C19H20N2O4. The molecule has 6 heteroatoms. The Balaban J connectivity index is 1.73. The predicted octanol–water partition coefficient (Wildman–Crippen LogP) is 2.74. The number of carboxylic acid groups (broad SMARTS) is 1. The summed E-state index contributed by atoms with van der Waals surface area (Å²) in [7, 11) is 0. The second-order valence-corrected chi connectivity index (χ2v) is 6.14. The number of benzene rings is 1. The van der Waals surface area contributed by atoms with E-state index in [2.05, 4.69) is 4.98 Å². The molecule has 1 heterocycles. The highest BCUT2D eigenvalue weighted by atomic mass is 16.5. The first kappa shape index (κ1) is 17.0. The van der Waals surface area contributed by atoms with Gasteiger partial charge in [0.25, 0.3) is 5.91 Å². The highest BCUT2D eigenvalue weighted by molar-refractivity contribution is 5.97. The Labute approximate surface area is 146 Å². The summed E-state index contributed by atoms with van der Waals surface area (Å²) in [5, 5.41) is 9.27. The van der Waals surface area contributed by atoms with Crippen LogP contribution in [0.25, 0.3) is 0 Å². The lowest BCUT2D eigenvalue weighted by Crippen LogP contribution is -2.44. The van der Waals surface area contributed by atoms with Crippen molar-refractivity contribution in [3.8, 4) is 5.75 Å². The van der Waals surface area contributed by atoms with Gasteiger partial charge in [0.05, 0.1) is 0 Å². The van der Waals surface area contributed by atoms with E-state index in [9.17, 15) is 14.7 Å². The Bertz CT molecular complexity index is 759. The van der Waals surface area contributed by atoms with Gasteiger partial charge >= 0.3 is 5.97 Å². The number of rotatable bonds is 7. The molecule has 1 aromatic heterocycles. The number of carbonyl (C=O) groups excluding carboxylic acids is 1. The molecule has 1 fully saturated rings. The molecule has 1 aliphatic carbocycles. The molecule has 3 rings (SSSR count). The minimum Gasteiger partial charge on any atom is -0.489 e. The normalized spacial score (nSPS) is 14.6. The van der Waals surface area contributed by atoms with Gasteiger partial charge in [0, 0.05) is 29.6 Å². The van der Waals surface area contributed by atoms with Crippen LogP contribution in [0.15, 0.2) is 48.8 Å². The highest BCUT2D eigenvalue weighted by Gasteiger charge is 2.38. The molecule has 1 aliphatic rings. The van der Waals surface area contributed by atoms with E-state index >= 15 is 0 Å². The molecular weight excluding hydrogens is 320 g/mol. The van der Waals surface area contributed by atoms with E-state index in [0.29, 0.717) is 17.9 Å². The summed E-state index contributed by atoms with van der Waals surface area (Å²) in [4.78, 5) is 29.6. The zero-order valence-electron chi connectivity index (χ0n) is 14.0. The van der Waals surface area contributed by atoms with Gasteiger partial charge in [-0.2, -0.15) is 0 Å². The van der Waals surface area contributed by atoms with Gasteiger partial charge in [-0.25, -0.2) is 4.79 Å². The van der Waals surface area contributed by atoms with E-state index in [1.54, 1.807) is 43.6 Å². The lowest BCUT2D eigenvalue weighted by molar-refractivity contribution is -0.141. The molecule has 1 N–H and O–H groups in total. The van der Waals surface area contributed by atoms with Crippen LogP contribution in [0.2, 0.25) is 0 Å². The van der Waals surface area contributed by atoms with E-state index in [-0.39, 0.29) is 11.9 Å². The molecule has 1 aromatic carbocycles. The van der Waals surface area contributed by atoms with Crippen molar-refractivity contribution in [1.29, 1.82) is 0 Å². The first-order chi connectivity index (χ1) is 12.1. The van der Waals surface area contributed by atoms with E-state index < -0.39 is 12.0 Å². The summed E-state index contributed by atoms with van der Waals surface area (Å²) in [5.74, 6) is -0.707. The van der Waals surface area contributed by atoms with Crippen LogP contribution in [-0.4, -0.2) is 39.0 Å². The summed E-state index contributed by atoms with van der Waals surface area (Å²) in [6.45, 7) is 1.89. The smallest absolute Gasteiger partial charge is 0.326 e. The van der Waals surface area contributed by atoms with Crippen molar-refractivity contribution < 1.29 is 19.4 Å². The molecule has 130 valence electrons. The van der Waals surface area contributed by atoms with Crippen LogP contribution < -0.4 is 4.74 Å². The number of nitrogens with zero attached hydrogens (tertiary/aromatic N) is 2. The third kappa shape index (κ3) is 4.15. The first-order valence-corrected chi connectivity index (χ1v) is 8.23. The van der Waals surface area contributed by atoms with Crippen molar-refractivity contribution in [3.63, 3.8) is 0 Å². The maximum absolute atomic E-state index is 12.8. The van der Waals surface area contributed by atoms with Crippen LogP contribution in [-0.2, 0) is 11.4 Å². The second-order valence-electron chi connectivity index (χ2n) is 6.14. The van der Waals surface area contributed by atoms with E-state index in [1.807, 2.05) is 12.1 Å². The largest absolute Gasteiger partial charge is 0.489 e. The summed E-state index contributed by atoms with van der Waals surface area (Å²) in [5.41, 5.74) is 1.36. The Morgan fingerprint density at radius 2 is 2.12 bits per heavy atom. The van der Waals surface area contributed by atoms with Crippen molar-refractivity contribution in [2.24, 2.45) is 0 Å². The Kier molecular flexibility index (Phi) is 4.97. The zero-order valence-corrected chi connectivity index (χ0v) is 14.0. The molecule has 0 radical (unpaired) electrons. The van der Waals surface area contributed by atoms with E-state index in [0.717, 1.165) is 18.4 Å². The fraction of sp³-hybridized carbons (Fsp3) is 0.316. The summed E-state index contributed by atoms with van der Waals surface area (Å²) in [6.07, 6.45) is 5.11. The molecule has 1 unspecified atom stereocenters. The standard InChI is InChI=1S/C19H20N2O4/c1-13(19(23)24)21(16-7-8-16)18(22)15-5-2-6-17(10-15)25-12-14-4-3-9-20-11-14/h2-6,9-11,13,16H,7-8,12H2,1H3,(H,23,24). The molecule has 25 heavy (non-hydrogen) atoms.